The molecule has 0 spiro atoms. The predicted octanol–water partition coefficient (Wildman–Crippen LogP) is 1.07. The Balaban J connectivity index is 1.68. The number of hydrogen-bond acceptors (Lipinski definition) is 3. The lowest BCUT2D eigenvalue weighted by Crippen LogP contribution is -2.54. The van der Waals surface area contributed by atoms with Gasteiger partial charge in [-0.05, 0) is 51.5 Å². The highest BCUT2D eigenvalue weighted by Crippen LogP contribution is 2.38. The quantitative estimate of drug-likeness (QED) is 0.752. The van der Waals surface area contributed by atoms with E-state index in [1.54, 1.807) is 0 Å². The van der Waals surface area contributed by atoms with Crippen LogP contribution in [0.3, 0.4) is 0 Å². The van der Waals surface area contributed by atoms with Crippen LogP contribution in [-0.4, -0.2) is 46.7 Å². The number of nitrogens with zero attached hydrogens (tertiary/aromatic N) is 1. The van der Waals surface area contributed by atoms with Crippen molar-refractivity contribution in [1.82, 2.24) is 10.2 Å². The number of carboxylic acids is 1. The maximum Gasteiger partial charge on any atom is 0.325 e. The van der Waals surface area contributed by atoms with Crippen molar-refractivity contribution in [3.63, 3.8) is 0 Å². The van der Waals surface area contributed by atoms with E-state index in [-0.39, 0.29) is 0 Å². The van der Waals surface area contributed by atoms with Gasteiger partial charge in [-0.25, -0.2) is 0 Å². The van der Waals surface area contributed by atoms with Gasteiger partial charge in [0.05, 0.1) is 0 Å². The molecule has 0 aromatic carbocycles. The van der Waals surface area contributed by atoms with Crippen molar-refractivity contribution in [3.05, 3.63) is 0 Å². The van der Waals surface area contributed by atoms with Crippen molar-refractivity contribution in [2.45, 2.75) is 56.7 Å². The highest BCUT2D eigenvalue weighted by molar-refractivity contribution is 5.80. The Labute approximate surface area is 102 Å². The molecule has 1 saturated heterocycles. The molecule has 0 aromatic heterocycles. The molecule has 17 heavy (non-hydrogen) atoms. The zero-order valence-electron chi connectivity index (χ0n) is 10.5. The van der Waals surface area contributed by atoms with E-state index < -0.39 is 11.5 Å². The molecule has 3 aliphatic rings. The van der Waals surface area contributed by atoms with Crippen molar-refractivity contribution in [1.29, 1.82) is 0 Å². The van der Waals surface area contributed by atoms with Gasteiger partial charge >= 0.3 is 5.97 Å². The number of likely N-dealkylation sites (tertiary alicyclic amines) is 1. The summed E-state index contributed by atoms with van der Waals surface area (Å²) < 4.78 is 0. The van der Waals surface area contributed by atoms with E-state index >= 15 is 0 Å². The minimum atomic E-state index is -0.676. The molecule has 0 aromatic rings. The van der Waals surface area contributed by atoms with E-state index in [0.717, 1.165) is 18.9 Å². The molecule has 4 heteroatoms. The van der Waals surface area contributed by atoms with Crippen LogP contribution < -0.4 is 5.32 Å². The number of aliphatic carboxylic acids is 1. The van der Waals surface area contributed by atoms with Gasteiger partial charge in [0.25, 0.3) is 0 Å². The monoisotopic (exact) mass is 238 g/mol. The summed E-state index contributed by atoms with van der Waals surface area (Å²) in [6.45, 7) is 3.75. The minimum absolute atomic E-state index is 0.408. The number of carbonyl (C=O) groups is 1. The molecule has 2 atom stereocenters. The molecule has 1 heterocycles. The Morgan fingerprint density at radius 2 is 2.12 bits per heavy atom. The summed E-state index contributed by atoms with van der Waals surface area (Å²) in [6.07, 6.45) is 5.80. The highest BCUT2D eigenvalue weighted by atomic mass is 16.4. The summed E-state index contributed by atoms with van der Waals surface area (Å²) in [7, 11) is 0. The van der Waals surface area contributed by atoms with Crippen LogP contribution in [0, 0.1) is 5.92 Å². The Kier molecular flexibility index (Phi) is 2.67. The Morgan fingerprint density at radius 1 is 1.41 bits per heavy atom. The standard InChI is InChI=1S/C13H22N2O2/c1-9-6-13(12(16)17,14-7-10-2-3-10)8-15(9)11-4-5-11/h9-11,14H,2-8H2,1H3,(H,16,17). The molecule has 3 fully saturated rings. The van der Waals surface area contributed by atoms with Crippen LogP contribution >= 0.6 is 0 Å². The Bertz CT molecular complexity index is 325. The van der Waals surface area contributed by atoms with E-state index in [0.29, 0.717) is 18.6 Å². The van der Waals surface area contributed by atoms with Gasteiger partial charge in [0.15, 0.2) is 0 Å². The molecule has 2 unspecified atom stereocenters. The van der Waals surface area contributed by atoms with Crippen LogP contribution in [0.4, 0.5) is 0 Å². The lowest BCUT2D eigenvalue weighted by atomic mass is 9.96. The SMILES string of the molecule is CC1CC(NCC2CC2)(C(=O)O)CN1C1CC1. The first-order chi connectivity index (χ1) is 8.11. The number of rotatable bonds is 5. The van der Waals surface area contributed by atoms with E-state index in [2.05, 4.69) is 17.1 Å². The van der Waals surface area contributed by atoms with Gasteiger partial charge in [0.1, 0.15) is 5.54 Å². The summed E-state index contributed by atoms with van der Waals surface area (Å²) in [5, 5.41) is 12.9. The summed E-state index contributed by atoms with van der Waals surface area (Å²) >= 11 is 0. The second kappa shape index (κ2) is 3.95. The first kappa shape index (κ1) is 11.5. The maximum absolute atomic E-state index is 11.6. The van der Waals surface area contributed by atoms with E-state index in [4.69, 9.17) is 0 Å². The third-order valence-corrected chi connectivity index (χ3v) is 4.51. The molecule has 1 aliphatic heterocycles. The van der Waals surface area contributed by atoms with Gasteiger partial charge < -0.3 is 10.4 Å². The number of carboxylic acid groups (broad SMARTS) is 1. The van der Waals surface area contributed by atoms with E-state index in [1.807, 2.05) is 0 Å². The van der Waals surface area contributed by atoms with Crippen molar-refractivity contribution in [2.24, 2.45) is 5.92 Å². The molecule has 2 aliphatic carbocycles. The second-order valence-corrected chi connectivity index (χ2v) is 6.17. The van der Waals surface area contributed by atoms with Crippen LogP contribution in [0.2, 0.25) is 0 Å². The number of hydrogen-bond donors (Lipinski definition) is 2. The smallest absolute Gasteiger partial charge is 0.325 e. The molecule has 3 rings (SSSR count). The maximum atomic E-state index is 11.6. The molecule has 2 saturated carbocycles. The van der Waals surface area contributed by atoms with Crippen LogP contribution in [-0.2, 0) is 4.79 Å². The zero-order valence-corrected chi connectivity index (χ0v) is 10.5. The van der Waals surface area contributed by atoms with Crippen molar-refractivity contribution >= 4 is 5.97 Å². The van der Waals surface area contributed by atoms with Gasteiger partial charge in [0, 0.05) is 18.6 Å². The third kappa shape index (κ3) is 2.20. The largest absolute Gasteiger partial charge is 0.480 e. The predicted molar refractivity (Wildman–Crippen MR) is 64.9 cm³/mol. The van der Waals surface area contributed by atoms with E-state index in [9.17, 15) is 9.90 Å². The molecule has 2 N–H and O–H groups in total. The van der Waals surface area contributed by atoms with Crippen molar-refractivity contribution in [3.8, 4) is 0 Å². The average Bonchev–Trinajstić information content (AvgIpc) is 3.15. The molecule has 0 radical (unpaired) electrons. The van der Waals surface area contributed by atoms with Gasteiger partial charge in [-0.3, -0.25) is 9.69 Å². The van der Waals surface area contributed by atoms with Crippen LogP contribution in [0.1, 0.15) is 39.0 Å². The van der Waals surface area contributed by atoms with Crippen LogP contribution in [0.25, 0.3) is 0 Å². The van der Waals surface area contributed by atoms with Crippen molar-refractivity contribution < 1.29 is 9.90 Å². The lowest BCUT2D eigenvalue weighted by Gasteiger charge is -2.26. The lowest BCUT2D eigenvalue weighted by molar-refractivity contribution is -0.144. The van der Waals surface area contributed by atoms with Crippen LogP contribution in [0.5, 0.6) is 0 Å². The first-order valence-electron chi connectivity index (χ1n) is 6.85. The summed E-state index contributed by atoms with van der Waals surface area (Å²) in [4.78, 5) is 14.0. The summed E-state index contributed by atoms with van der Waals surface area (Å²) in [5.74, 6) is 0.0738. The fourth-order valence-electron chi connectivity index (χ4n) is 3.07. The van der Waals surface area contributed by atoms with Gasteiger partial charge in [0.2, 0.25) is 0 Å². The van der Waals surface area contributed by atoms with Crippen LogP contribution in [0.15, 0.2) is 0 Å². The topological polar surface area (TPSA) is 52.6 Å². The Morgan fingerprint density at radius 3 is 2.65 bits per heavy atom. The average molecular weight is 238 g/mol. The zero-order chi connectivity index (χ0) is 12.0. The highest BCUT2D eigenvalue weighted by Gasteiger charge is 2.51. The molecular weight excluding hydrogens is 216 g/mol. The minimum Gasteiger partial charge on any atom is -0.480 e. The molecule has 0 amide bonds. The van der Waals surface area contributed by atoms with E-state index in [1.165, 1.54) is 25.7 Å². The second-order valence-electron chi connectivity index (χ2n) is 6.17. The molecule has 0 bridgehead atoms. The van der Waals surface area contributed by atoms with Gasteiger partial charge in [-0.2, -0.15) is 0 Å². The fraction of sp³-hybridized carbons (Fsp3) is 0.923. The van der Waals surface area contributed by atoms with Gasteiger partial charge in [-0.15, -0.1) is 0 Å². The van der Waals surface area contributed by atoms with Gasteiger partial charge in [-0.1, -0.05) is 0 Å². The number of nitrogens with one attached hydrogen (secondary N) is 1. The third-order valence-electron chi connectivity index (χ3n) is 4.51. The fourth-order valence-corrected chi connectivity index (χ4v) is 3.07. The first-order valence-corrected chi connectivity index (χ1v) is 6.85. The van der Waals surface area contributed by atoms with Crippen molar-refractivity contribution in [2.75, 3.05) is 13.1 Å². The summed E-state index contributed by atoms with van der Waals surface area (Å²) in [5.41, 5.74) is -0.676. The Hall–Kier alpha value is -0.610. The molecule has 96 valence electrons. The summed E-state index contributed by atoms with van der Waals surface area (Å²) in [6, 6.07) is 1.07. The molecule has 4 nitrogen and oxygen atoms in total. The molecular formula is C13H22N2O2. The normalized spacial score (nSPS) is 38.5.